The van der Waals surface area contributed by atoms with Crippen LogP contribution in [0.1, 0.15) is 6.42 Å². The summed E-state index contributed by atoms with van der Waals surface area (Å²) < 4.78 is 24.5. The Kier molecular flexibility index (Phi) is 5.09. The van der Waals surface area contributed by atoms with Gasteiger partial charge in [-0.3, -0.25) is 9.69 Å². The van der Waals surface area contributed by atoms with Crippen molar-refractivity contribution in [2.24, 2.45) is 0 Å². The third-order valence-electron chi connectivity index (χ3n) is 5.40. The van der Waals surface area contributed by atoms with Crippen LogP contribution in [0.3, 0.4) is 0 Å². The lowest BCUT2D eigenvalue weighted by atomic mass is 10.2. The Labute approximate surface area is 163 Å². The number of sulfone groups is 1. The van der Waals surface area contributed by atoms with Crippen LogP contribution in [-0.2, 0) is 14.6 Å². The lowest BCUT2D eigenvalue weighted by Gasteiger charge is -2.35. The van der Waals surface area contributed by atoms with E-state index in [-0.39, 0.29) is 30.0 Å². The molecule has 3 heterocycles. The fraction of sp³-hybridized carbons (Fsp3) is 0.556. The van der Waals surface area contributed by atoms with Crippen LogP contribution < -0.4 is 4.90 Å². The van der Waals surface area contributed by atoms with Crippen molar-refractivity contribution in [2.75, 3.05) is 56.2 Å². The molecular formula is C18H24N4O3S2. The molecular weight excluding hydrogens is 384 g/mol. The number of hydrogen-bond acceptors (Lipinski definition) is 7. The Hall–Kier alpha value is -1.71. The summed E-state index contributed by atoms with van der Waals surface area (Å²) in [5, 5.41) is 1.01. The Morgan fingerprint density at radius 2 is 2.00 bits per heavy atom. The molecule has 0 saturated carbocycles. The fourth-order valence-corrected chi connectivity index (χ4v) is 6.53. The minimum atomic E-state index is -2.93. The van der Waals surface area contributed by atoms with Crippen molar-refractivity contribution in [2.45, 2.75) is 12.5 Å². The number of anilines is 1. The van der Waals surface area contributed by atoms with E-state index in [1.54, 1.807) is 11.3 Å². The summed E-state index contributed by atoms with van der Waals surface area (Å²) in [6.07, 6.45) is 0.623. The van der Waals surface area contributed by atoms with E-state index in [0.29, 0.717) is 19.5 Å². The summed E-state index contributed by atoms with van der Waals surface area (Å²) >= 11 is 1.69. The SMILES string of the molecule is CN(CC(=O)N1CCN(c2nc3ccccc3s2)CC1)[C@@H]1CCS(=O)(=O)C1. The molecule has 1 atom stereocenters. The smallest absolute Gasteiger partial charge is 0.236 e. The lowest BCUT2D eigenvalue weighted by molar-refractivity contribution is -0.132. The summed E-state index contributed by atoms with van der Waals surface area (Å²) in [5.41, 5.74) is 1.02. The average Bonchev–Trinajstić information content (AvgIpc) is 3.24. The lowest BCUT2D eigenvalue weighted by Crippen LogP contribution is -2.52. The van der Waals surface area contributed by atoms with E-state index >= 15 is 0 Å². The van der Waals surface area contributed by atoms with Crippen LogP contribution in [0.15, 0.2) is 24.3 Å². The number of piperazine rings is 1. The van der Waals surface area contributed by atoms with Gasteiger partial charge in [-0.1, -0.05) is 23.5 Å². The van der Waals surface area contributed by atoms with E-state index in [0.717, 1.165) is 23.7 Å². The van der Waals surface area contributed by atoms with Crippen LogP contribution in [0.4, 0.5) is 5.13 Å². The van der Waals surface area contributed by atoms with E-state index in [4.69, 9.17) is 4.98 Å². The molecule has 0 radical (unpaired) electrons. The standard InChI is InChI=1S/C18H24N4O3S2/c1-20(14-6-11-27(24,25)13-14)12-17(23)21-7-9-22(10-8-21)18-19-15-4-2-3-5-16(15)26-18/h2-5,14H,6-13H2,1H3/t14-/m1/s1. The fourth-order valence-electron chi connectivity index (χ4n) is 3.71. The first kappa shape index (κ1) is 18.6. The summed E-state index contributed by atoms with van der Waals surface area (Å²) in [7, 11) is -1.08. The molecule has 2 saturated heterocycles. The highest BCUT2D eigenvalue weighted by atomic mass is 32.2. The maximum atomic E-state index is 12.6. The molecule has 0 unspecified atom stereocenters. The summed E-state index contributed by atoms with van der Waals surface area (Å²) in [6, 6.07) is 8.08. The zero-order valence-electron chi connectivity index (χ0n) is 15.4. The van der Waals surface area contributed by atoms with Crippen molar-refractivity contribution < 1.29 is 13.2 Å². The molecule has 2 aliphatic heterocycles. The predicted octanol–water partition coefficient (Wildman–Crippen LogP) is 1.06. The molecule has 1 amide bonds. The van der Waals surface area contributed by atoms with Gasteiger partial charge in [-0.05, 0) is 25.6 Å². The van der Waals surface area contributed by atoms with E-state index < -0.39 is 9.84 Å². The summed E-state index contributed by atoms with van der Waals surface area (Å²) in [5.74, 6) is 0.477. The van der Waals surface area contributed by atoms with Crippen molar-refractivity contribution in [3.63, 3.8) is 0 Å². The van der Waals surface area contributed by atoms with E-state index in [1.165, 1.54) is 4.70 Å². The van der Waals surface area contributed by atoms with E-state index in [1.807, 2.05) is 35.0 Å². The molecule has 2 aromatic rings. The molecule has 4 rings (SSSR count). The first-order chi connectivity index (χ1) is 12.9. The molecule has 1 aromatic heterocycles. The largest absolute Gasteiger partial charge is 0.345 e. The molecule has 0 spiro atoms. The van der Waals surface area contributed by atoms with Crippen LogP contribution >= 0.6 is 11.3 Å². The third kappa shape index (κ3) is 4.09. The molecule has 0 aliphatic carbocycles. The monoisotopic (exact) mass is 408 g/mol. The van der Waals surface area contributed by atoms with Gasteiger partial charge in [0.15, 0.2) is 15.0 Å². The number of amides is 1. The van der Waals surface area contributed by atoms with Gasteiger partial charge in [-0.2, -0.15) is 0 Å². The first-order valence-corrected chi connectivity index (χ1v) is 11.8. The minimum absolute atomic E-state index is 0.0389. The highest BCUT2D eigenvalue weighted by Gasteiger charge is 2.32. The number of carbonyl (C=O) groups is 1. The second-order valence-corrected chi connectivity index (χ2v) is 10.5. The van der Waals surface area contributed by atoms with Gasteiger partial charge in [-0.25, -0.2) is 13.4 Å². The molecule has 2 fully saturated rings. The topological polar surface area (TPSA) is 73.8 Å². The maximum absolute atomic E-state index is 12.6. The zero-order chi connectivity index (χ0) is 19.0. The zero-order valence-corrected chi connectivity index (χ0v) is 17.0. The second-order valence-electron chi connectivity index (χ2n) is 7.30. The van der Waals surface area contributed by atoms with Crippen molar-refractivity contribution in [3.8, 4) is 0 Å². The molecule has 9 heteroatoms. The first-order valence-electron chi connectivity index (χ1n) is 9.20. The number of fused-ring (bicyclic) bond motifs is 1. The van der Waals surface area contributed by atoms with E-state index in [9.17, 15) is 13.2 Å². The van der Waals surface area contributed by atoms with Gasteiger partial charge < -0.3 is 9.80 Å². The molecule has 0 bridgehead atoms. The van der Waals surface area contributed by atoms with Gasteiger partial charge in [-0.15, -0.1) is 0 Å². The minimum Gasteiger partial charge on any atom is -0.345 e. The van der Waals surface area contributed by atoms with Crippen LogP contribution in [-0.4, -0.2) is 86.4 Å². The number of aromatic nitrogens is 1. The van der Waals surface area contributed by atoms with Gasteiger partial charge in [0, 0.05) is 32.2 Å². The number of hydrogen-bond donors (Lipinski definition) is 0. The van der Waals surface area contributed by atoms with Gasteiger partial charge in [0.25, 0.3) is 0 Å². The normalized spacial score (nSPS) is 22.7. The van der Waals surface area contributed by atoms with Crippen LogP contribution in [0, 0.1) is 0 Å². The number of thiazole rings is 1. The van der Waals surface area contributed by atoms with Gasteiger partial charge in [0.2, 0.25) is 5.91 Å². The second kappa shape index (κ2) is 7.37. The van der Waals surface area contributed by atoms with Gasteiger partial charge in [0.05, 0.1) is 28.3 Å². The van der Waals surface area contributed by atoms with Crippen molar-refractivity contribution in [1.29, 1.82) is 0 Å². The van der Waals surface area contributed by atoms with Crippen LogP contribution in [0.25, 0.3) is 10.2 Å². The number of nitrogens with zero attached hydrogens (tertiary/aromatic N) is 4. The Morgan fingerprint density at radius 1 is 1.26 bits per heavy atom. The Balaban J connectivity index is 1.31. The molecule has 146 valence electrons. The average molecular weight is 409 g/mol. The number of para-hydroxylation sites is 1. The molecule has 27 heavy (non-hydrogen) atoms. The molecule has 7 nitrogen and oxygen atoms in total. The quantitative estimate of drug-likeness (QED) is 0.753. The number of carbonyl (C=O) groups excluding carboxylic acids is 1. The molecule has 0 N–H and O–H groups in total. The molecule has 1 aromatic carbocycles. The number of rotatable bonds is 4. The number of likely N-dealkylation sites (N-methyl/N-ethyl adjacent to an activating group) is 1. The van der Waals surface area contributed by atoms with E-state index in [2.05, 4.69) is 11.0 Å². The van der Waals surface area contributed by atoms with Crippen molar-refractivity contribution >= 4 is 42.4 Å². The third-order valence-corrected chi connectivity index (χ3v) is 8.25. The summed E-state index contributed by atoms with van der Waals surface area (Å²) in [6.45, 7) is 3.17. The predicted molar refractivity (Wildman–Crippen MR) is 108 cm³/mol. The van der Waals surface area contributed by atoms with Crippen molar-refractivity contribution in [1.82, 2.24) is 14.8 Å². The van der Waals surface area contributed by atoms with Gasteiger partial charge >= 0.3 is 0 Å². The summed E-state index contributed by atoms with van der Waals surface area (Å²) in [4.78, 5) is 23.3. The molecule has 2 aliphatic rings. The Morgan fingerprint density at radius 3 is 2.67 bits per heavy atom. The van der Waals surface area contributed by atoms with Gasteiger partial charge in [0.1, 0.15) is 0 Å². The highest BCUT2D eigenvalue weighted by Crippen LogP contribution is 2.29. The maximum Gasteiger partial charge on any atom is 0.236 e. The highest BCUT2D eigenvalue weighted by molar-refractivity contribution is 7.91. The van der Waals surface area contributed by atoms with Crippen molar-refractivity contribution in [3.05, 3.63) is 24.3 Å². The van der Waals surface area contributed by atoms with Crippen LogP contribution in [0.2, 0.25) is 0 Å². The number of benzene rings is 1. The Bertz CT molecular complexity index is 902. The van der Waals surface area contributed by atoms with Crippen LogP contribution in [0.5, 0.6) is 0 Å².